The summed E-state index contributed by atoms with van der Waals surface area (Å²) in [6.45, 7) is 5.04. The number of rotatable bonds is 6. The molecule has 112 valence electrons. The molecule has 0 saturated heterocycles. The first-order valence-electron chi connectivity index (χ1n) is 6.73. The summed E-state index contributed by atoms with van der Waals surface area (Å²) in [6, 6.07) is 4.97. The second-order valence-corrected chi connectivity index (χ2v) is 6.64. The fraction of sp³-hybridized carbons (Fsp3) is 0.533. The Bertz CT molecular complexity index is 451. The van der Waals surface area contributed by atoms with Crippen LogP contribution in [0.5, 0.6) is 5.75 Å². The van der Waals surface area contributed by atoms with Crippen LogP contribution in [0.25, 0.3) is 0 Å². The summed E-state index contributed by atoms with van der Waals surface area (Å²) in [5.74, 6) is 0.256. The molecule has 0 aromatic heterocycles. The highest BCUT2D eigenvalue weighted by Gasteiger charge is 2.18. The molecule has 1 aromatic carbocycles. The Hall–Kier alpha value is -1.07. The smallest absolute Gasteiger partial charge is 0.255 e. The zero-order valence-corrected chi connectivity index (χ0v) is 14.1. The fourth-order valence-electron chi connectivity index (χ4n) is 2.15. The molecule has 0 heterocycles. The van der Waals surface area contributed by atoms with Gasteiger partial charge in [-0.15, -0.1) is 0 Å². The van der Waals surface area contributed by atoms with E-state index < -0.39 is 0 Å². The quantitative estimate of drug-likeness (QED) is 0.835. The van der Waals surface area contributed by atoms with E-state index >= 15 is 0 Å². The molecule has 0 aliphatic rings. The van der Waals surface area contributed by atoms with Crippen molar-refractivity contribution >= 4 is 21.8 Å². The van der Waals surface area contributed by atoms with Crippen LogP contribution in [-0.2, 0) is 0 Å². The number of likely N-dealkylation sites (N-methyl/N-ethyl adjacent to an activating group) is 1. The lowest BCUT2D eigenvalue weighted by Gasteiger charge is -2.24. The average molecular weight is 343 g/mol. The van der Waals surface area contributed by atoms with Gasteiger partial charge in [0.05, 0.1) is 5.56 Å². The van der Waals surface area contributed by atoms with Crippen LogP contribution in [0, 0.1) is 5.92 Å². The third-order valence-corrected chi connectivity index (χ3v) is 3.37. The van der Waals surface area contributed by atoms with E-state index in [1.165, 1.54) is 6.07 Å². The minimum atomic E-state index is -0.234. The Balaban J connectivity index is 2.78. The predicted octanol–water partition coefficient (Wildman–Crippen LogP) is 2.86. The Labute approximate surface area is 129 Å². The van der Waals surface area contributed by atoms with Gasteiger partial charge in [0, 0.05) is 17.1 Å². The van der Waals surface area contributed by atoms with Gasteiger partial charge in [0.2, 0.25) is 0 Å². The molecule has 0 aliphatic carbocycles. The lowest BCUT2D eigenvalue weighted by molar-refractivity contribution is 0.0922. The second-order valence-electron chi connectivity index (χ2n) is 5.72. The molecule has 20 heavy (non-hydrogen) atoms. The van der Waals surface area contributed by atoms with Gasteiger partial charge in [-0.3, -0.25) is 4.79 Å². The maximum Gasteiger partial charge on any atom is 0.255 e. The van der Waals surface area contributed by atoms with E-state index in [9.17, 15) is 9.90 Å². The predicted molar refractivity (Wildman–Crippen MR) is 85.1 cm³/mol. The van der Waals surface area contributed by atoms with Crippen LogP contribution in [0.15, 0.2) is 22.7 Å². The van der Waals surface area contributed by atoms with E-state index in [0.29, 0.717) is 11.5 Å². The number of hydrogen-bond acceptors (Lipinski definition) is 3. The number of nitrogens with zero attached hydrogens (tertiary/aromatic N) is 1. The zero-order valence-electron chi connectivity index (χ0n) is 12.5. The number of phenolic OH excluding ortho intramolecular Hbond substituents is 1. The molecule has 5 heteroatoms. The topological polar surface area (TPSA) is 52.6 Å². The number of benzene rings is 1. The van der Waals surface area contributed by atoms with Crippen molar-refractivity contribution in [3.63, 3.8) is 0 Å². The molecule has 1 atom stereocenters. The number of nitrogens with one attached hydrogen (secondary N) is 1. The van der Waals surface area contributed by atoms with E-state index in [1.54, 1.807) is 12.1 Å². The van der Waals surface area contributed by atoms with E-state index in [0.717, 1.165) is 17.4 Å². The Morgan fingerprint density at radius 3 is 2.55 bits per heavy atom. The summed E-state index contributed by atoms with van der Waals surface area (Å²) in [7, 11) is 3.97. The molecule has 1 amide bonds. The molecule has 0 spiro atoms. The van der Waals surface area contributed by atoms with E-state index in [1.807, 2.05) is 14.1 Å². The molecule has 4 nitrogen and oxygen atoms in total. The third kappa shape index (κ3) is 5.51. The van der Waals surface area contributed by atoms with Gasteiger partial charge in [-0.25, -0.2) is 0 Å². The number of carbonyl (C=O) groups excluding carboxylic acids is 1. The van der Waals surface area contributed by atoms with Crippen molar-refractivity contribution in [2.24, 2.45) is 5.92 Å². The lowest BCUT2D eigenvalue weighted by atomic mass is 10.0. The fourth-order valence-corrected chi connectivity index (χ4v) is 2.50. The summed E-state index contributed by atoms with van der Waals surface area (Å²) in [4.78, 5) is 14.3. The van der Waals surface area contributed by atoms with Crippen molar-refractivity contribution in [2.75, 3.05) is 20.6 Å². The molecule has 0 saturated carbocycles. The average Bonchev–Trinajstić information content (AvgIpc) is 2.26. The molecular weight excluding hydrogens is 320 g/mol. The zero-order chi connectivity index (χ0) is 15.3. The van der Waals surface area contributed by atoms with Crippen molar-refractivity contribution in [2.45, 2.75) is 26.3 Å². The molecule has 0 fully saturated rings. The van der Waals surface area contributed by atoms with Crippen LogP contribution in [0.4, 0.5) is 0 Å². The Kier molecular flexibility index (Phi) is 6.49. The molecule has 1 aromatic rings. The number of carbonyl (C=O) groups is 1. The molecule has 0 bridgehead atoms. The summed E-state index contributed by atoms with van der Waals surface area (Å²) in [6.07, 6.45) is 0.904. The summed E-state index contributed by atoms with van der Waals surface area (Å²) >= 11 is 3.26. The van der Waals surface area contributed by atoms with Crippen LogP contribution < -0.4 is 5.32 Å². The monoisotopic (exact) mass is 342 g/mol. The minimum absolute atomic E-state index is 0.00924. The second kappa shape index (κ2) is 7.64. The molecule has 2 N–H and O–H groups in total. The lowest BCUT2D eigenvalue weighted by Crippen LogP contribution is -2.42. The first-order valence-corrected chi connectivity index (χ1v) is 7.53. The van der Waals surface area contributed by atoms with Gasteiger partial charge >= 0.3 is 0 Å². The van der Waals surface area contributed by atoms with Crippen LogP contribution in [0.2, 0.25) is 0 Å². The van der Waals surface area contributed by atoms with Gasteiger partial charge in [-0.2, -0.15) is 0 Å². The third-order valence-electron chi connectivity index (χ3n) is 2.88. The Morgan fingerprint density at radius 2 is 2.05 bits per heavy atom. The first kappa shape index (κ1) is 17.0. The highest BCUT2D eigenvalue weighted by Crippen LogP contribution is 2.22. The maximum atomic E-state index is 12.2. The number of aromatic hydroxyl groups is 1. The molecular formula is C15H23BrN2O2. The van der Waals surface area contributed by atoms with Crippen molar-refractivity contribution in [1.29, 1.82) is 0 Å². The maximum absolute atomic E-state index is 12.2. The molecule has 0 radical (unpaired) electrons. The SMILES string of the molecule is CC(C)CC(CN(C)C)NC(=O)c1ccc(Br)cc1O. The van der Waals surface area contributed by atoms with Crippen molar-refractivity contribution < 1.29 is 9.90 Å². The normalized spacial score (nSPS) is 12.8. The van der Waals surface area contributed by atoms with Crippen molar-refractivity contribution in [3.05, 3.63) is 28.2 Å². The molecule has 1 rings (SSSR count). The minimum Gasteiger partial charge on any atom is -0.507 e. The highest BCUT2D eigenvalue weighted by atomic mass is 79.9. The standard InChI is InChI=1S/C15H23BrN2O2/c1-10(2)7-12(9-18(3)4)17-15(20)13-6-5-11(16)8-14(13)19/h5-6,8,10,12,19H,7,9H2,1-4H3,(H,17,20). The van der Waals surface area contributed by atoms with Gasteiger partial charge in [-0.1, -0.05) is 29.8 Å². The van der Waals surface area contributed by atoms with E-state index in [4.69, 9.17) is 0 Å². The van der Waals surface area contributed by atoms with Gasteiger partial charge < -0.3 is 15.3 Å². The number of hydrogen-bond donors (Lipinski definition) is 2. The summed E-state index contributed by atoms with van der Waals surface area (Å²) in [5.41, 5.74) is 0.306. The van der Waals surface area contributed by atoms with Crippen molar-refractivity contribution in [1.82, 2.24) is 10.2 Å². The molecule has 0 aliphatic heterocycles. The van der Waals surface area contributed by atoms with Gasteiger partial charge in [0.25, 0.3) is 5.91 Å². The first-order chi connectivity index (χ1) is 9.29. The van der Waals surface area contributed by atoms with E-state index in [-0.39, 0.29) is 17.7 Å². The largest absolute Gasteiger partial charge is 0.507 e. The van der Waals surface area contributed by atoms with Crippen LogP contribution >= 0.6 is 15.9 Å². The van der Waals surface area contributed by atoms with Crippen LogP contribution in [0.1, 0.15) is 30.6 Å². The van der Waals surface area contributed by atoms with Gasteiger partial charge in [-0.05, 0) is 44.6 Å². The summed E-state index contributed by atoms with van der Waals surface area (Å²) < 4.78 is 0.749. The van der Waals surface area contributed by atoms with Crippen LogP contribution in [0.3, 0.4) is 0 Å². The molecule has 1 unspecified atom stereocenters. The Morgan fingerprint density at radius 1 is 1.40 bits per heavy atom. The number of phenols is 1. The van der Waals surface area contributed by atoms with Gasteiger partial charge in [0.1, 0.15) is 5.75 Å². The number of halogens is 1. The van der Waals surface area contributed by atoms with Crippen molar-refractivity contribution in [3.8, 4) is 5.75 Å². The summed E-state index contributed by atoms with van der Waals surface area (Å²) in [5, 5.41) is 12.8. The van der Waals surface area contributed by atoms with Gasteiger partial charge in [0.15, 0.2) is 0 Å². The highest BCUT2D eigenvalue weighted by molar-refractivity contribution is 9.10. The van der Waals surface area contributed by atoms with Crippen LogP contribution in [-0.4, -0.2) is 42.6 Å². The number of amides is 1. The van der Waals surface area contributed by atoms with E-state index in [2.05, 4.69) is 40.0 Å².